The van der Waals surface area contributed by atoms with E-state index in [0.29, 0.717) is 19.7 Å². The third-order valence-corrected chi connectivity index (χ3v) is 7.95. The summed E-state index contributed by atoms with van der Waals surface area (Å²) < 4.78 is 34.2. The van der Waals surface area contributed by atoms with Crippen molar-refractivity contribution in [1.82, 2.24) is 14.6 Å². The second kappa shape index (κ2) is 9.40. The van der Waals surface area contributed by atoms with Crippen LogP contribution in [0.3, 0.4) is 0 Å². The number of anilines is 1. The minimum atomic E-state index is -3.87. The fraction of sp³-hybridized carbons (Fsp3) is 0.400. The molecule has 180 valence electrons. The first-order valence-electron chi connectivity index (χ1n) is 11.8. The molecule has 8 nitrogen and oxygen atoms in total. The van der Waals surface area contributed by atoms with E-state index in [2.05, 4.69) is 20.7 Å². The molecular weight excluding hydrogens is 452 g/mol. The first-order valence-corrected chi connectivity index (χ1v) is 13.3. The Labute approximate surface area is 199 Å². The van der Waals surface area contributed by atoms with Crippen LogP contribution in [0.4, 0.5) is 5.69 Å². The molecule has 2 N–H and O–H groups in total. The zero-order valence-electron chi connectivity index (χ0n) is 19.3. The van der Waals surface area contributed by atoms with E-state index in [0.717, 1.165) is 53.8 Å². The molecule has 0 aliphatic carbocycles. The van der Waals surface area contributed by atoms with E-state index in [-0.39, 0.29) is 23.5 Å². The molecule has 2 saturated heterocycles. The number of nitrogens with one attached hydrogen (secondary N) is 2. The number of hydrogen-bond donors (Lipinski definition) is 2. The second-order valence-electron chi connectivity index (χ2n) is 8.99. The molecule has 2 fully saturated rings. The number of aromatic amines is 1. The van der Waals surface area contributed by atoms with E-state index in [1.807, 2.05) is 37.3 Å². The number of benzene rings is 2. The van der Waals surface area contributed by atoms with Crippen LogP contribution in [0.2, 0.25) is 0 Å². The van der Waals surface area contributed by atoms with Gasteiger partial charge in [-0.2, -0.15) is 0 Å². The van der Waals surface area contributed by atoms with Crippen LogP contribution in [-0.2, 0) is 19.6 Å². The molecule has 0 spiro atoms. The van der Waals surface area contributed by atoms with E-state index in [9.17, 15) is 13.2 Å². The number of ether oxygens (including phenoxy) is 1. The van der Waals surface area contributed by atoms with Crippen molar-refractivity contribution in [3.05, 3.63) is 48.5 Å². The highest BCUT2D eigenvalue weighted by Gasteiger charge is 2.25. The number of H-pyrrole nitrogens is 1. The summed E-state index contributed by atoms with van der Waals surface area (Å²) in [6.07, 6.45) is 2.19. The molecule has 1 aromatic heterocycles. The maximum atomic E-state index is 13.1. The minimum Gasteiger partial charge on any atom is -0.375 e. The monoisotopic (exact) mass is 482 g/mol. The summed E-state index contributed by atoms with van der Waals surface area (Å²) in [5.41, 5.74) is 3.73. The normalized spacial score (nSPS) is 19.1. The molecule has 2 aromatic carbocycles. The lowest BCUT2D eigenvalue weighted by atomic mass is 10.1. The molecule has 3 aromatic rings. The molecule has 9 heteroatoms. The number of rotatable bonds is 6. The van der Waals surface area contributed by atoms with Gasteiger partial charge in [-0.25, -0.2) is 13.1 Å². The van der Waals surface area contributed by atoms with E-state index in [1.165, 1.54) is 0 Å². The third kappa shape index (κ3) is 4.68. The summed E-state index contributed by atoms with van der Waals surface area (Å²) in [6.45, 7) is 4.93. The number of sulfonamides is 1. The Hall–Kier alpha value is -2.88. The standard InChI is InChI=1S/C25H30N4O4S/c1-18-17-29(12-13-33-18)25(30)16-26-34(31,32)20-8-9-24(28-10-4-5-11-28)21(15-20)23-14-19-6-2-3-7-22(19)27-23/h2-3,6-9,14-15,18,26-27H,4-5,10-13,16-17H2,1H3. The van der Waals surface area contributed by atoms with Gasteiger partial charge in [0.25, 0.3) is 0 Å². The Morgan fingerprint density at radius 2 is 1.91 bits per heavy atom. The SMILES string of the molecule is CC1CN(C(=O)CNS(=O)(=O)c2ccc(N3CCCC3)c(-c3cc4ccccc4[nH]3)c2)CCO1. The van der Waals surface area contributed by atoms with E-state index in [4.69, 9.17) is 4.74 Å². The number of fused-ring (bicyclic) bond motifs is 1. The predicted octanol–water partition coefficient (Wildman–Crippen LogP) is 2.96. The lowest BCUT2D eigenvalue weighted by molar-refractivity contribution is -0.136. The summed E-state index contributed by atoms with van der Waals surface area (Å²) in [6, 6.07) is 15.3. The van der Waals surface area contributed by atoms with Gasteiger partial charge < -0.3 is 19.5 Å². The molecular formula is C25H30N4O4S. The first-order chi connectivity index (χ1) is 16.4. The van der Waals surface area contributed by atoms with Crippen molar-refractivity contribution in [1.29, 1.82) is 0 Å². The smallest absolute Gasteiger partial charge is 0.241 e. The fourth-order valence-corrected chi connectivity index (χ4v) is 5.75. The molecule has 1 amide bonds. The van der Waals surface area contributed by atoms with Crippen LogP contribution in [0, 0.1) is 0 Å². The highest BCUT2D eigenvalue weighted by molar-refractivity contribution is 7.89. The van der Waals surface area contributed by atoms with Crippen LogP contribution < -0.4 is 9.62 Å². The van der Waals surface area contributed by atoms with Crippen LogP contribution >= 0.6 is 0 Å². The van der Waals surface area contributed by atoms with Gasteiger partial charge in [0.1, 0.15) is 0 Å². The highest BCUT2D eigenvalue weighted by atomic mass is 32.2. The maximum absolute atomic E-state index is 13.1. The van der Waals surface area contributed by atoms with Crippen molar-refractivity contribution in [3.63, 3.8) is 0 Å². The van der Waals surface area contributed by atoms with Crippen LogP contribution in [0.15, 0.2) is 53.4 Å². The van der Waals surface area contributed by atoms with Crippen molar-refractivity contribution in [2.24, 2.45) is 0 Å². The van der Waals surface area contributed by atoms with Crippen molar-refractivity contribution < 1.29 is 17.9 Å². The Kier molecular flexibility index (Phi) is 6.33. The van der Waals surface area contributed by atoms with E-state index < -0.39 is 10.0 Å². The number of nitrogens with zero attached hydrogens (tertiary/aromatic N) is 2. The number of carbonyl (C=O) groups is 1. The molecule has 0 saturated carbocycles. The van der Waals surface area contributed by atoms with Gasteiger partial charge in [-0.1, -0.05) is 18.2 Å². The van der Waals surface area contributed by atoms with Gasteiger partial charge in [0.15, 0.2) is 0 Å². The Balaban J connectivity index is 1.43. The lowest BCUT2D eigenvalue weighted by Gasteiger charge is -2.31. The van der Waals surface area contributed by atoms with Crippen molar-refractivity contribution in [3.8, 4) is 11.3 Å². The van der Waals surface area contributed by atoms with Crippen LogP contribution in [0.5, 0.6) is 0 Å². The molecule has 34 heavy (non-hydrogen) atoms. The zero-order chi connectivity index (χ0) is 23.7. The average Bonchev–Trinajstić information content (AvgIpc) is 3.52. The van der Waals surface area contributed by atoms with Gasteiger partial charge in [-0.3, -0.25) is 4.79 Å². The molecule has 1 atom stereocenters. The summed E-state index contributed by atoms with van der Waals surface area (Å²) in [7, 11) is -3.87. The van der Waals surface area contributed by atoms with Crippen LogP contribution in [0.1, 0.15) is 19.8 Å². The quantitative estimate of drug-likeness (QED) is 0.563. The molecule has 2 aliphatic heterocycles. The Morgan fingerprint density at radius 3 is 2.68 bits per heavy atom. The third-order valence-electron chi connectivity index (χ3n) is 6.55. The van der Waals surface area contributed by atoms with Crippen LogP contribution in [-0.4, -0.2) is 69.6 Å². The lowest BCUT2D eigenvalue weighted by Crippen LogP contribution is -2.48. The Morgan fingerprint density at radius 1 is 1.12 bits per heavy atom. The fourth-order valence-electron chi connectivity index (χ4n) is 4.75. The average molecular weight is 483 g/mol. The first kappa shape index (κ1) is 22.9. The van der Waals surface area contributed by atoms with Crippen LogP contribution in [0.25, 0.3) is 22.2 Å². The van der Waals surface area contributed by atoms with Gasteiger partial charge >= 0.3 is 0 Å². The number of hydrogen-bond acceptors (Lipinski definition) is 5. The number of amides is 1. The molecule has 3 heterocycles. The van der Waals surface area contributed by atoms with Crippen molar-refractivity contribution in [2.45, 2.75) is 30.8 Å². The summed E-state index contributed by atoms with van der Waals surface area (Å²) in [5.74, 6) is -0.247. The molecule has 1 unspecified atom stereocenters. The zero-order valence-corrected chi connectivity index (χ0v) is 20.1. The minimum absolute atomic E-state index is 0.0497. The Bertz CT molecular complexity index is 1260. The van der Waals surface area contributed by atoms with Gasteiger partial charge in [-0.05, 0) is 50.1 Å². The number of carbonyl (C=O) groups excluding carboxylic acids is 1. The topological polar surface area (TPSA) is 94.7 Å². The van der Waals surface area contributed by atoms with Gasteiger partial charge in [0, 0.05) is 54.0 Å². The van der Waals surface area contributed by atoms with E-state index in [1.54, 1.807) is 17.0 Å². The van der Waals surface area contributed by atoms with Crippen molar-refractivity contribution >= 4 is 32.5 Å². The summed E-state index contributed by atoms with van der Waals surface area (Å²) in [4.78, 5) is 20.1. The van der Waals surface area contributed by atoms with Gasteiger partial charge in [0.05, 0.1) is 24.2 Å². The molecule has 0 bridgehead atoms. The second-order valence-corrected chi connectivity index (χ2v) is 10.8. The number of aromatic nitrogens is 1. The molecule has 0 radical (unpaired) electrons. The number of para-hydroxylation sites is 1. The van der Waals surface area contributed by atoms with E-state index >= 15 is 0 Å². The maximum Gasteiger partial charge on any atom is 0.241 e. The van der Waals surface area contributed by atoms with Gasteiger partial charge in [-0.15, -0.1) is 0 Å². The predicted molar refractivity (Wildman–Crippen MR) is 132 cm³/mol. The summed E-state index contributed by atoms with van der Waals surface area (Å²) in [5, 5.41) is 1.07. The largest absolute Gasteiger partial charge is 0.375 e. The highest BCUT2D eigenvalue weighted by Crippen LogP contribution is 2.36. The number of morpholine rings is 1. The van der Waals surface area contributed by atoms with Crippen molar-refractivity contribution in [2.75, 3.05) is 44.2 Å². The molecule has 2 aliphatic rings. The molecule has 5 rings (SSSR count). The summed E-state index contributed by atoms with van der Waals surface area (Å²) >= 11 is 0. The van der Waals surface area contributed by atoms with Gasteiger partial charge in [0.2, 0.25) is 15.9 Å².